The van der Waals surface area contributed by atoms with Gasteiger partial charge in [0.15, 0.2) is 0 Å². The Morgan fingerprint density at radius 1 is 1.56 bits per heavy atom. The van der Waals surface area contributed by atoms with E-state index < -0.39 is 6.04 Å². The number of methoxy groups -OCH3 is 1. The number of nitriles is 1. The first-order valence-electron chi connectivity index (χ1n) is 5.82. The average Bonchev–Trinajstić information content (AvgIpc) is 2.41. The van der Waals surface area contributed by atoms with Gasteiger partial charge in [-0.2, -0.15) is 5.26 Å². The number of hydrogen-bond acceptors (Lipinski definition) is 4. The molecular formula is C13H15N3O2. The maximum absolute atomic E-state index is 12.2. The van der Waals surface area contributed by atoms with Crippen molar-refractivity contribution < 1.29 is 9.53 Å². The van der Waals surface area contributed by atoms with Gasteiger partial charge in [0.05, 0.1) is 25.3 Å². The highest BCUT2D eigenvalue weighted by atomic mass is 16.5. The highest BCUT2D eigenvalue weighted by Gasteiger charge is 2.30. The number of carbonyl (C=O) groups excluding carboxylic acids is 1. The largest absolute Gasteiger partial charge is 0.495 e. The SMILES string of the molecule is COc1ccccc1N1CCNC(CC#N)C1=O. The lowest BCUT2D eigenvalue weighted by atomic mass is 10.1. The molecule has 1 aliphatic heterocycles. The van der Waals surface area contributed by atoms with Crippen LogP contribution in [0.5, 0.6) is 5.75 Å². The molecule has 0 aliphatic carbocycles. The van der Waals surface area contributed by atoms with Gasteiger partial charge in [-0.25, -0.2) is 0 Å². The summed E-state index contributed by atoms with van der Waals surface area (Å²) in [6, 6.07) is 9.01. The van der Waals surface area contributed by atoms with Crippen LogP contribution in [0.1, 0.15) is 6.42 Å². The summed E-state index contributed by atoms with van der Waals surface area (Å²) in [5.74, 6) is 0.593. The van der Waals surface area contributed by atoms with Gasteiger partial charge in [-0.15, -0.1) is 0 Å². The minimum atomic E-state index is -0.423. The quantitative estimate of drug-likeness (QED) is 0.859. The number of anilines is 1. The molecule has 94 valence electrons. The van der Waals surface area contributed by atoms with E-state index in [9.17, 15) is 4.79 Å². The van der Waals surface area contributed by atoms with Crippen LogP contribution in [0.4, 0.5) is 5.69 Å². The van der Waals surface area contributed by atoms with Gasteiger partial charge in [-0.05, 0) is 12.1 Å². The topological polar surface area (TPSA) is 65.4 Å². The number of hydrogen-bond donors (Lipinski definition) is 1. The average molecular weight is 245 g/mol. The minimum Gasteiger partial charge on any atom is -0.495 e. The normalized spacial score (nSPS) is 19.4. The molecule has 1 atom stereocenters. The second kappa shape index (κ2) is 5.52. The van der Waals surface area contributed by atoms with Crippen LogP contribution in [0.15, 0.2) is 24.3 Å². The fourth-order valence-electron chi connectivity index (χ4n) is 2.08. The van der Waals surface area contributed by atoms with Crippen molar-refractivity contribution in [3.63, 3.8) is 0 Å². The Balaban J connectivity index is 2.27. The van der Waals surface area contributed by atoms with Crippen LogP contribution in [0.2, 0.25) is 0 Å². The first-order valence-corrected chi connectivity index (χ1v) is 5.82. The van der Waals surface area contributed by atoms with E-state index in [1.54, 1.807) is 12.0 Å². The Kier molecular flexibility index (Phi) is 3.80. The Morgan fingerprint density at radius 2 is 2.33 bits per heavy atom. The lowest BCUT2D eigenvalue weighted by Crippen LogP contribution is -2.55. The number of amides is 1. The zero-order valence-corrected chi connectivity index (χ0v) is 10.2. The summed E-state index contributed by atoms with van der Waals surface area (Å²) in [6.07, 6.45) is 0.185. The van der Waals surface area contributed by atoms with Crippen molar-refractivity contribution in [1.29, 1.82) is 5.26 Å². The van der Waals surface area contributed by atoms with Gasteiger partial charge in [0.25, 0.3) is 0 Å². The number of para-hydroxylation sites is 2. The van der Waals surface area contributed by atoms with E-state index >= 15 is 0 Å². The summed E-state index contributed by atoms with van der Waals surface area (Å²) >= 11 is 0. The molecule has 1 amide bonds. The molecule has 1 aromatic rings. The van der Waals surface area contributed by atoms with Crippen LogP contribution >= 0.6 is 0 Å². The molecule has 1 aliphatic rings. The smallest absolute Gasteiger partial charge is 0.245 e. The van der Waals surface area contributed by atoms with Gasteiger partial charge < -0.3 is 15.0 Å². The number of nitrogens with zero attached hydrogens (tertiary/aromatic N) is 2. The summed E-state index contributed by atoms with van der Waals surface area (Å²) in [7, 11) is 1.58. The first kappa shape index (κ1) is 12.4. The maximum Gasteiger partial charge on any atom is 0.245 e. The highest BCUT2D eigenvalue weighted by molar-refractivity contribution is 5.99. The van der Waals surface area contributed by atoms with E-state index in [4.69, 9.17) is 10.00 Å². The summed E-state index contributed by atoms with van der Waals surface area (Å²) in [5.41, 5.74) is 0.759. The highest BCUT2D eigenvalue weighted by Crippen LogP contribution is 2.28. The first-order chi connectivity index (χ1) is 8.77. The van der Waals surface area contributed by atoms with Crippen molar-refractivity contribution >= 4 is 11.6 Å². The molecule has 0 bridgehead atoms. The molecule has 0 saturated carbocycles. The number of nitrogens with one attached hydrogen (secondary N) is 1. The molecule has 1 unspecified atom stereocenters. The third-order valence-corrected chi connectivity index (χ3v) is 2.96. The fraction of sp³-hybridized carbons (Fsp3) is 0.385. The molecule has 1 N–H and O–H groups in total. The van der Waals surface area contributed by atoms with E-state index in [1.807, 2.05) is 30.3 Å². The van der Waals surface area contributed by atoms with Crippen LogP contribution in [-0.4, -0.2) is 32.1 Å². The molecule has 1 saturated heterocycles. The van der Waals surface area contributed by atoms with Crippen molar-refractivity contribution in [2.75, 3.05) is 25.1 Å². The second-order valence-electron chi connectivity index (χ2n) is 4.03. The zero-order chi connectivity index (χ0) is 13.0. The van der Waals surface area contributed by atoms with Crippen LogP contribution in [0, 0.1) is 11.3 Å². The van der Waals surface area contributed by atoms with Gasteiger partial charge in [0.1, 0.15) is 11.8 Å². The predicted molar refractivity (Wildman–Crippen MR) is 67.4 cm³/mol. The molecule has 0 radical (unpaired) electrons. The molecule has 0 aromatic heterocycles. The Labute approximate surface area is 106 Å². The molecule has 1 aromatic carbocycles. The summed E-state index contributed by atoms with van der Waals surface area (Å²) in [6.45, 7) is 1.26. The van der Waals surface area contributed by atoms with Crippen molar-refractivity contribution in [3.8, 4) is 11.8 Å². The Hall–Kier alpha value is -2.06. The molecule has 1 fully saturated rings. The Morgan fingerprint density at radius 3 is 3.06 bits per heavy atom. The lowest BCUT2D eigenvalue weighted by molar-refractivity contribution is -0.121. The third kappa shape index (κ3) is 2.29. The number of piperazine rings is 1. The number of rotatable bonds is 3. The maximum atomic E-state index is 12.2. The number of carbonyl (C=O) groups is 1. The molecule has 1 heterocycles. The standard InChI is InChI=1S/C13H15N3O2/c1-18-12-5-3-2-4-11(12)16-9-8-15-10(6-7-14)13(16)17/h2-5,10,15H,6,8-9H2,1H3. The summed E-state index contributed by atoms with van der Waals surface area (Å²) in [4.78, 5) is 13.9. The number of ether oxygens (including phenoxy) is 1. The zero-order valence-electron chi connectivity index (χ0n) is 10.2. The monoisotopic (exact) mass is 245 g/mol. The second-order valence-corrected chi connectivity index (χ2v) is 4.03. The van der Waals surface area contributed by atoms with Crippen molar-refractivity contribution in [3.05, 3.63) is 24.3 Å². The number of benzene rings is 1. The van der Waals surface area contributed by atoms with Crippen molar-refractivity contribution in [2.45, 2.75) is 12.5 Å². The van der Waals surface area contributed by atoms with Crippen LogP contribution < -0.4 is 15.0 Å². The Bertz CT molecular complexity index is 481. The van der Waals surface area contributed by atoms with E-state index in [0.29, 0.717) is 18.8 Å². The van der Waals surface area contributed by atoms with E-state index in [-0.39, 0.29) is 12.3 Å². The minimum absolute atomic E-state index is 0.0766. The van der Waals surface area contributed by atoms with Crippen molar-refractivity contribution in [2.24, 2.45) is 0 Å². The van der Waals surface area contributed by atoms with Crippen LogP contribution in [0.3, 0.4) is 0 Å². The molecule has 5 nitrogen and oxygen atoms in total. The van der Waals surface area contributed by atoms with Crippen LogP contribution in [-0.2, 0) is 4.79 Å². The molecule has 5 heteroatoms. The van der Waals surface area contributed by atoms with Gasteiger partial charge in [0.2, 0.25) is 5.91 Å². The molecule has 0 spiro atoms. The van der Waals surface area contributed by atoms with E-state index in [2.05, 4.69) is 5.32 Å². The van der Waals surface area contributed by atoms with Gasteiger partial charge in [-0.1, -0.05) is 12.1 Å². The van der Waals surface area contributed by atoms with Crippen LogP contribution in [0.25, 0.3) is 0 Å². The van der Waals surface area contributed by atoms with Gasteiger partial charge in [0, 0.05) is 13.1 Å². The predicted octanol–water partition coefficient (Wildman–Crippen LogP) is 0.914. The fourth-order valence-corrected chi connectivity index (χ4v) is 2.08. The summed E-state index contributed by atoms with van der Waals surface area (Å²) < 4.78 is 5.26. The lowest BCUT2D eigenvalue weighted by Gasteiger charge is -2.32. The van der Waals surface area contributed by atoms with Gasteiger partial charge >= 0.3 is 0 Å². The van der Waals surface area contributed by atoms with Crippen molar-refractivity contribution in [1.82, 2.24) is 5.32 Å². The van der Waals surface area contributed by atoms with E-state index in [1.165, 1.54) is 0 Å². The molecule has 2 rings (SSSR count). The molecule has 18 heavy (non-hydrogen) atoms. The summed E-state index contributed by atoms with van der Waals surface area (Å²) in [5, 5.41) is 11.8. The van der Waals surface area contributed by atoms with E-state index in [0.717, 1.165) is 5.69 Å². The third-order valence-electron chi connectivity index (χ3n) is 2.96. The molecular weight excluding hydrogens is 230 g/mol. The van der Waals surface area contributed by atoms with Gasteiger partial charge in [-0.3, -0.25) is 4.79 Å².